The molecule has 5 rings (SSSR count). The summed E-state index contributed by atoms with van der Waals surface area (Å²) in [5.74, 6) is -0.806. The third-order valence-electron chi connectivity index (χ3n) is 5.62. The van der Waals surface area contributed by atoms with E-state index in [1.165, 1.54) is 17.8 Å². The first kappa shape index (κ1) is 21.8. The van der Waals surface area contributed by atoms with Gasteiger partial charge < -0.3 is 24.5 Å². The first-order valence-corrected chi connectivity index (χ1v) is 11.2. The van der Waals surface area contributed by atoms with Crippen LogP contribution in [0.5, 0.6) is 11.8 Å². The Kier molecular flexibility index (Phi) is 5.97. The van der Waals surface area contributed by atoms with Gasteiger partial charge in [0, 0.05) is 24.7 Å². The van der Waals surface area contributed by atoms with E-state index in [9.17, 15) is 9.90 Å². The van der Waals surface area contributed by atoms with E-state index in [0.717, 1.165) is 38.4 Å². The van der Waals surface area contributed by atoms with Crippen LogP contribution >= 0.6 is 23.2 Å². The Morgan fingerprint density at radius 1 is 1.18 bits per heavy atom. The van der Waals surface area contributed by atoms with Crippen LogP contribution in [0.2, 0.25) is 10.0 Å². The Morgan fingerprint density at radius 2 is 2.00 bits per heavy atom. The quantitative estimate of drug-likeness (QED) is 0.522. The number of carboxylic acids is 1. The molecule has 2 N–H and O–H groups in total. The van der Waals surface area contributed by atoms with E-state index in [1.54, 1.807) is 12.1 Å². The summed E-state index contributed by atoms with van der Waals surface area (Å²) in [5, 5.41) is 9.91. The van der Waals surface area contributed by atoms with E-state index in [2.05, 4.69) is 38.1 Å². The molecule has 0 saturated carbocycles. The fraction of sp³-hybridized carbons (Fsp3) is 0.261. The van der Waals surface area contributed by atoms with Crippen LogP contribution in [0.15, 0.2) is 48.2 Å². The van der Waals surface area contributed by atoms with Crippen LogP contribution in [-0.2, 0) is 4.74 Å². The number of allylic oxidation sites excluding steroid dienone is 3. The molecule has 1 atom stereocenters. The summed E-state index contributed by atoms with van der Waals surface area (Å²) in [6, 6.07) is 6.33. The molecule has 170 valence electrons. The number of H-pyrrole nitrogens is 1. The van der Waals surface area contributed by atoms with Gasteiger partial charge in [0.15, 0.2) is 5.65 Å². The highest BCUT2D eigenvalue weighted by Gasteiger charge is 2.21. The molecule has 1 unspecified atom stereocenters. The molecular weight excluding hydrogens is 467 g/mol. The van der Waals surface area contributed by atoms with Crippen molar-refractivity contribution in [3.05, 3.63) is 69.5 Å². The molecule has 0 spiro atoms. The Morgan fingerprint density at radius 3 is 2.73 bits per heavy atom. The minimum atomic E-state index is -1.14. The fourth-order valence-corrected chi connectivity index (χ4v) is 4.42. The van der Waals surface area contributed by atoms with Gasteiger partial charge in [0.25, 0.3) is 0 Å². The first-order valence-electron chi connectivity index (χ1n) is 10.5. The molecule has 1 aromatic carbocycles. The summed E-state index contributed by atoms with van der Waals surface area (Å²) < 4.78 is 11.1. The number of benzene rings is 1. The van der Waals surface area contributed by atoms with E-state index in [0.29, 0.717) is 16.2 Å². The number of nitrogens with one attached hydrogen (secondary N) is 1. The van der Waals surface area contributed by atoms with E-state index in [4.69, 9.17) is 32.7 Å². The van der Waals surface area contributed by atoms with Gasteiger partial charge in [0.2, 0.25) is 0 Å². The molecule has 1 fully saturated rings. The average molecular weight is 487 g/mol. The summed E-state index contributed by atoms with van der Waals surface area (Å²) in [4.78, 5) is 25.7. The molecule has 3 aromatic rings. The van der Waals surface area contributed by atoms with Gasteiger partial charge in [0.1, 0.15) is 5.75 Å². The first-order chi connectivity index (χ1) is 16.0. The Labute approximate surface area is 199 Å². The lowest BCUT2D eigenvalue weighted by molar-refractivity contribution is 0.0551. The van der Waals surface area contributed by atoms with E-state index in [1.807, 2.05) is 0 Å². The Balaban J connectivity index is 1.36. The molecule has 0 amide bonds. The molecule has 2 aliphatic rings. The second-order valence-electron chi connectivity index (χ2n) is 7.75. The molecule has 0 bridgehead atoms. The number of carbonyl (C=O) groups is 1. The summed E-state index contributed by atoms with van der Waals surface area (Å²) >= 11 is 12.5. The van der Waals surface area contributed by atoms with Crippen molar-refractivity contribution < 1.29 is 19.4 Å². The van der Waals surface area contributed by atoms with Gasteiger partial charge in [-0.05, 0) is 36.8 Å². The Hall–Kier alpha value is -3.07. The number of carboxylic acid groups (broad SMARTS) is 1. The summed E-state index contributed by atoms with van der Waals surface area (Å²) in [6.07, 6.45) is 7.23. The molecule has 10 heteroatoms. The highest BCUT2D eigenvalue weighted by Crippen LogP contribution is 2.34. The van der Waals surface area contributed by atoms with Crippen LogP contribution in [0, 0.1) is 0 Å². The summed E-state index contributed by atoms with van der Waals surface area (Å²) in [5.41, 5.74) is 2.98. The number of fused-ring (bicyclic) bond motifs is 1. The van der Waals surface area contributed by atoms with Crippen LogP contribution in [0.25, 0.3) is 11.2 Å². The van der Waals surface area contributed by atoms with Crippen LogP contribution in [-0.4, -0.2) is 57.2 Å². The number of nitrogens with zero attached hydrogens (tertiary/aromatic N) is 3. The standard InChI is InChI=1S/C23H20Cl2N4O4/c24-17-6-5-15(11-16(17)22(30)31)33-23-26-19-12-18(25)20(27-21(19)28-23)13-1-3-14(4-2-13)29-7-9-32-10-8-29/h1,3-6,11-13H,2,7-10H2,(H,30,31)(H,26,27,28). The minimum absolute atomic E-state index is 0.0437. The molecule has 33 heavy (non-hydrogen) atoms. The van der Waals surface area contributed by atoms with Gasteiger partial charge in [-0.1, -0.05) is 35.4 Å². The number of imidazole rings is 1. The van der Waals surface area contributed by atoms with Crippen molar-refractivity contribution >= 4 is 40.3 Å². The molecule has 1 aliphatic carbocycles. The SMILES string of the molecule is O=C(O)c1cc(Oc2nc3nc(C4C=CC(N5CCOCC5)=CC4)c(Cl)cc3[nH]2)ccc1Cl. The van der Waals surface area contributed by atoms with E-state index < -0.39 is 5.97 Å². The van der Waals surface area contributed by atoms with Gasteiger partial charge in [-0.3, -0.25) is 0 Å². The highest BCUT2D eigenvalue weighted by molar-refractivity contribution is 6.33. The molecule has 0 radical (unpaired) electrons. The van der Waals surface area contributed by atoms with Crippen LogP contribution in [0.4, 0.5) is 0 Å². The number of aromatic amines is 1. The van der Waals surface area contributed by atoms with Crippen molar-refractivity contribution in [1.29, 1.82) is 0 Å². The smallest absolute Gasteiger partial charge is 0.337 e. The predicted octanol–water partition coefficient (Wildman–Crippen LogP) is 5.01. The number of pyridine rings is 1. The van der Waals surface area contributed by atoms with Crippen molar-refractivity contribution in [3.63, 3.8) is 0 Å². The molecule has 1 saturated heterocycles. The molecule has 8 nitrogen and oxygen atoms in total. The largest absolute Gasteiger partial charge is 0.478 e. The van der Waals surface area contributed by atoms with Crippen LogP contribution < -0.4 is 4.74 Å². The zero-order valence-corrected chi connectivity index (χ0v) is 18.9. The number of ether oxygens (including phenoxy) is 2. The van der Waals surface area contributed by atoms with Crippen molar-refractivity contribution in [1.82, 2.24) is 19.9 Å². The van der Waals surface area contributed by atoms with E-state index in [-0.39, 0.29) is 28.3 Å². The number of halogens is 2. The number of rotatable bonds is 5. The maximum absolute atomic E-state index is 11.3. The van der Waals surface area contributed by atoms with Crippen molar-refractivity contribution in [2.24, 2.45) is 0 Å². The summed E-state index contributed by atoms with van der Waals surface area (Å²) in [7, 11) is 0. The van der Waals surface area contributed by atoms with Gasteiger partial charge in [-0.25, -0.2) is 9.78 Å². The van der Waals surface area contributed by atoms with Gasteiger partial charge >= 0.3 is 12.0 Å². The number of morpholine rings is 1. The normalized spacial score (nSPS) is 18.4. The molecule has 3 heterocycles. The number of aromatic carboxylic acids is 1. The average Bonchev–Trinajstić information content (AvgIpc) is 3.21. The number of hydrogen-bond donors (Lipinski definition) is 2. The lowest BCUT2D eigenvalue weighted by Crippen LogP contribution is -2.35. The molecular formula is C23H20Cl2N4O4. The second-order valence-corrected chi connectivity index (χ2v) is 8.56. The lowest BCUT2D eigenvalue weighted by Gasteiger charge is -2.31. The zero-order valence-electron chi connectivity index (χ0n) is 17.4. The second kappa shape index (κ2) is 9.05. The monoisotopic (exact) mass is 486 g/mol. The topological polar surface area (TPSA) is 101 Å². The Bertz CT molecular complexity index is 1280. The fourth-order valence-electron chi connectivity index (χ4n) is 3.93. The zero-order chi connectivity index (χ0) is 22.9. The third-order valence-corrected chi connectivity index (χ3v) is 6.25. The number of aromatic nitrogens is 3. The van der Waals surface area contributed by atoms with E-state index >= 15 is 0 Å². The minimum Gasteiger partial charge on any atom is -0.478 e. The third kappa shape index (κ3) is 4.55. The van der Waals surface area contributed by atoms with Crippen molar-refractivity contribution in [2.45, 2.75) is 12.3 Å². The van der Waals surface area contributed by atoms with Crippen LogP contribution in [0.3, 0.4) is 0 Å². The highest BCUT2D eigenvalue weighted by atomic mass is 35.5. The summed E-state index contributed by atoms with van der Waals surface area (Å²) in [6.45, 7) is 3.28. The van der Waals surface area contributed by atoms with Crippen molar-refractivity contribution in [2.75, 3.05) is 26.3 Å². The van der Waals surface area contributed by atoms with Crippen LogP contribution in [0.1, 0.15) is 28.4 Å². The van der Waals surface area contributed by atoms with Gasteiger partial charge in [-0.15, -0.1) is 0 Å². The van der Waals surface area contributed by atoms with Gasteiger partial charge in [0.05, 0.1) is 40.0 Å². The molecule has 1 aliphatic heterocycles. The maximum Gasteiger partial charge on any atom is 0.337 e. The maximum atomic E-state index is 11.3. The van der Waals surface area contributed by atoms with Gasteiger partial charge in [-0.2, -0.15) is 4.98 Å². The molecule has 2 aromatic heterocycles. The van der Waals surface area contributed by atoms with Crippen molar-refractivity contribution in [3.8, 4) is 11.8 Å². The predicted molar refractivity (Wildman–Crippen MR) is 124 cm³/mol. The lowest BCUT2D eigenvalue weighted by atomic mass is 9.95. The number of hydrogen-bond acceptors (Lipinski definition) is 6.